The normalized spacial score (nSPS) is 12.7. The maximum atomic E-state index is 13.4. The van der Waals surface area contributed by atoms with Gasteiger partial charge >= 0.3 is 0 Å². The lowest BCUT2D eigenvalue weighted by Crippen LogP contribution is -2.33. The summed E-state index contributed by atoms with van der Waals surface area (Å²) in [4.78, 5) is 29.0. The number of nitrogens with one attached hydrogen (secondary N) is 1. The molecule has 152 valence electrons. The zero-order valence-corrected chi connectivity index (χ0v) is 17.0. The van der Waals surface area contributed by atoms with Crippen LogP contribution in [-0.4, -0.2) is 32.1 Å². The van der Waals surface area contributed by atoms with E-state index in [1.54, 1.807) is 24.1 Å². The van der Waals surface area contributed by atoms with E-state index in [2.05, 4.69) is 5.32 Å². The van der Waals surface area contributed by atoms with E-state index in [-0.39, 0.29) is 11.5 Å². The Balaban J connectivity index is 1.69. The molecule has 0 atom stereocenters. The van der Waals surface area contributed by atoms with E-state index in [0.717, 1.165) is 15.5 Å². The Labute approximate surface area is 177 Å². The van der Waals surface area contributed by atoms with Crippen LogP contribution in [0.15, 0.2) is 76.5 Å². The van der Waals surface area contributed by atoms with Gasteiger partial charge in [0.2, 0.25) is 0 Å². The summed E-state index contributed by atoms with van der Waals surface area (Å²) in [5, 5.41) is 2.80. The van der Waals surface area contributed by atoms with E-state index in [1.807, 2.05) is 36.4 Å². The number of hydrogen-bond acceptors (Lipinski definition) is 4. The molecule has 1 heterocycles. The molecule has 5 nitrogen and oxygen atoms in total. The number of carbonyl (C=O) groups is 2. The fourth-order valence-corrected chi connectivity index (χ4v) is 4.36. The zero-order chi connectivity index (χ0) is 21.1. The second kappa shape index (κ2) is 8.69. The predicted molar refractivity (Wildman–Crippen MR) is 115 cm³/mol. The van der Waals surface area contributed by atoms with E-state index < -0.39 is 11.7 Å². The van der Waals surface area contributed by atoms with Gasteiger partial charge in [0.25, 0.3) is 11.8 Å². The van der Waals surface area contributed by atoms with Crippen LogP contribution in [-0.2, 0) is 4.74 Å². The van der Waals surface area contributed by atoms with Crippen LogP contribution >= 0.6 is 11.8 Å². The molecule has 1 aliphatic heterocycles. The highest BCUT2D eigenvalue weighted by Crippen LogP contribution is 2.42. The van der Waals surface area contributed by atoms with Crippen molar-refractivity contribution < 1.29 is 18.7 Å². The molecule has 0 spiro atoms. The lowest BCUT2D eigenvalue weighted by Gasteiger charge is -2.23. The van der Waals surface area contributed by atoms with E-state index >= 15 is 0 Å². The molecule has 3 aromatic rings. The number of anilines is 2. The summed E-state index contributed by atoms with van der Waals surface area (Å²) in [6.45, 7) is 0.808. The van der Waals surface area contributed by atoms with Crippen molar-refractivity contribution in [2.45, 2.75) is 9.79 Å². The van der Waals surface area contributed by atoms with Gasteiger partial charge in [0.15, 0.2) is 0 Å². The number of fused-ring (bicyclic) bond motifs is 2. The topological polar surface area (TPSA) is 58.6 Å². The van der Waals surface area contributed by atoms with Crippen molar-refractivity contribution in [3.8, 4) is 0 Å². The van der Waals surface area contributed by atoms with Gasteiger partial charge < -0.3 is 15.0 Å². The van der Waals surface area contributed by atoms with Crippen LogP contribution in [0.4, 0.5) is 15.8 Å². The molecule has 7 heteroatoms. The Morgan fingerprint density at radius 2 is 1.90 bits per heavy atom. The number of halogens is 1. The SMILES string of the molecule is COCCN1C(=O)c2ccccc2Sc2cc(NC(=O)c3cccc(F)c3)ccc21. The number of amides is 2. The Bertz CT molecular complexity index is 1120. The Morgan fingerprint density at radius 1 is 1.07 bits per heavy atom. The minimum atomic E-state index is -0.468. The van der Waals surface area contributed by atoms with E-state index in [9.17, 15) is 14.0 Å². The molecule has 1 aliphatic rings. The van der Waals surface area contributed by atoms with Crippen LogP contribution in [0.25, 0.3) is 0 Å². The van der Waals surface area contributed by atoms with Gasteiger partial charge in [0, 0.05) is 34.7 Å². The molecular formula is C23H19FN2O3S. The second-order valence-electron chi connectivity index (χ2n) is 6.69. The summed E-state index contributed by atoms with van der Waals surface area (Å²) >= 11 is 1.47. The van der Waals surface area contributed by atoms with Crippen molar-refractivity contribution in [3.63, 3.8) is 0 Å². The predicted octanol–water partition coefficient (Wildman–Crippen LogP) is 4.84. The van der Waals surface area contributed by atoms with E-state index in [0.29, 0.717) is 24.4 Å². The van der Waals surface area contributed by atoms with Gasteiger partial charge in [0.05, 0.1) is 17.9 Å². The van der Waals surface area contributed by atoms with Gasteiger partial charge in [-0.1, -0.05) is 30.0 Å². The van der Waals surface area contributed by atoms with Crippen LogP contribution in [0.1, 0.15) is 20.7 Å². The van der Waals surface area contributed by atoms with E-state index in [4.69, 9.17) is 4.74 Å². The third kappa shape index (κ3) is 4.08. The first-order chi connectivity index (χ1) is 14.6. The molecule has 0 saturated heterocycles. The molecule has 0 bridgehead atoms. The monoisotopic (exact) mass is 422 g/mol. The van der Waals surface area contributed by atoms with Crippen molar-refractivity contribution in [3.05, 3.63) is 83.7 Å². The van der Waals surface area contributed by atoms with Crippen molar-refractivity contribution in [1.29, 1.82) is 0 Å². The number of rotatable bonds is 5. The van der Waals surface area contributed by atoms with Crippen LogP contribution in [0.2, 0.25) is 0 Å². The van der Waals surface area contributed by atoms with Gasteiger partial charge in [-0.2, -0.15) is 0 Å². The number of nitrogens with zero attached hydrogens (tertiary/aromatic N) is 1. The molecule has 0 radical (unpaired) electrons. The summed E-state index contributed by atoms with van der Waals surface area (Å²) < 4.78 is 18.6. The average Bonchev–Trinajstić information content (AvgIpc) is 2.86. The summed E-state index contributed by atoms with van der Waals surface area (Å²) in [7, 11) is 1.59. The van der Waals surface area contributed by atoms with Crippen LogP contribution in [0.5, 0.6) is 0 Å². The lowest BCUT2D eigenvalue weighted by molar-refractivity contribution is 0.0972. The standard InChI is InChI=1S/C23H19FN2O3S/c1-29-12-11-26-19-10-9-17(25-22(27)15-5-4-6-16(24)13-15)14-21(19)30-20-8-3-2-7-18(20)23(26)28/h2-10,13-14H,11-12H2,1H3,(H,25,27). The van der Waals surface area contributed by atoms with Gasteiger partial charge in [-0.05, 0) is 48.5 Å². The maximum absolute atomic E-state index is 13.4. The molecule has 4 rings (SSSR count). The highest BCUT2D eigenvalue weighted by atomic mass is 32.2. The van der Waals surface area contributed by atoms with Crippen LogP contribution in [0.3, 0.4) is 0 Å². The van der Waals surface area contributed by atoms with Gasteiger partial charge in [0.1, 0.15) is 5.82 Å². The molecule has 3 aromatic carbocycles. The summed E-state index contributed by atoms with van der Waals surface area (Å²) in [5.74, 6) is -0.963. The summed E-state index contributed by atoms with van der Waals surface area (Å²) in [5.41, 5.74) is 2.18. The minimum absolute atomic E-state index is 0.0922. The van der Waals surface area contributed by atoms with Crippen molar-refractivity contribution in [2.24, 2.45) is 0 Å². The highest BCUT2D eigenvalue weighted by molar-refractivity contribution is 7.99. The third-order valence-corrected chi connectivity index (χ3v) is 5.82. The van der Waals surface area contributed by atoms with Crippen LogP contribution < -0.4 is 10.2 Å². The molecule has 0 aromatic heterocycles. The second-order valence-corrected chi connectivity index (χ2v) is 7.78. The Hall–Kier alpha value is -3.16. The van der Waals surface area contributed by atoms with Crippen molar-refractivity contribution in [2.75, 3.05) is 30.5 Å². The van der Waals surface area contributed by atoms with Gasteiger partial charge in [-0.15, -0.1) is 0 Å². The molecule has 0 fully saturated rings. The molecular weight excluding hydrogens is 403 g/mol. The maximum Gasteiger partial charge on any atom is 0.259 e. The molecule has 30 heavy (non-hydrogen) atoms. The first-order valence-corrected chi connectivity index (χ1v) is 10.2. The number of hydrogen-bond donors (Lipinski definition) is 1. The van der Waals surface area contributed by atoms with Gasteiger partial charge in [-0.25, -0.2) is 4.39 Å². The summed E-state index contributed by atoms with van der Waals surface area (Å²) in [6.07, 6.45) is 0. The number of methoxy groups -OCH3 is 1. The van der Waals surface area contributed by atoms with Crippen molar-refractivity contribution in [1.82, 2.24) is 0 Å². The number of benzene rings is 3. The highest BCUT2D eigenvalue weighted by Gasteiger charge is 2.27. The van der Waals surface area contributed by atoms with E-state index in [1.165, 1.54) is 30.0 Å². The fraction of sp³-hybridized carbons (Fsp3) is 0.130. The average molecular weight is 422 g/mol. The molecule has 1 N–H and O–H groups in total. The first-order valence-electron chi connectivity index (χ1n) is 9.35. The first kappa shape index (κ1) is 20.1. The molecule has 0 aliphatic carbocycles. The summed E-state index contributed by atoms with van der Waals surface area (Å²) in [6, 6.07) is 18.3. The number of carbonyl (C=O) groups excluding carboxylic acids is 2. The lowest BCUT2D eigenvalue weighted by atomic mass is 10.1. The molecule has 0 saturated carbocycles. The van der Waals surface area contributed by atoms with Gasteiger partial charge in [-0.3, -0.25) is 9.59 Å². The zero-order valence-electron chi connectivity index (χ0n) is 16.2. The molecule has 0 unspecified atom stereocenters. The number of ether oxygens (including phenoxy) is 1. The minimum Gasteiger partial charge on any atom is -0.383 e. The molecule has 2 amide bonds. The fourth-order valence-electron chi connectivity index (χ4n) is 3.24. The van der Waals surface area contributed by atoms with Crippen molar-refractivity contribution >= 4 is 35.0 Å². The van der Waals surface area contributed by atoms with Crippen LogP contribution in [0, 0.1) is 5.82 Å². The largest absolute Gasteiger partial charge is 0.383 e. The Morgan fingerprint density at radius 3 is 2.70 bits per heavy atom. The Kier molecular flexibility index (Phi) is 5.83. The smallest absolute Gasteiger partial charge is 0.259 e. The third-order valence-electron chi connectivity index (χ3n) is 4.70. The quantitative estimate of drug-likeness (QED) is 0.640.